The Bertz CT molecular complexity index is 1730. The normalized spacial score (nSPS) is 12.4. The van der Waals surface area contributed by atoms with E-state index in [0.717, 1.165) is 56.3 Å². The van der Waals surface area contributed by atoms with Gasteiger partial charge in [-0.25, -0.2) is 4.70 Å². The van der Waals surface area contributed by atoms with Crippen LogP contribution in [0.4, 0.5) is 0 Å². The maximum absolute atomic E-state index is 13.3. The second-order valence-corrected chi connectivity index (χ2v) is 23.5. The minimum absolute atomic E-state index is 0. The molecule has 0 bridgehead atoms. The Morgan fingerprint density at radius 1 is 0.263 bits per heavy atom. The molecule has 1 aliphatic heterocycles. The minimum Gasteiger partial charge on any atom is -0.493 e. The zero-order chi connectivity index (χ0) is 52.6. The van der Waals surface area contributed by atoms with Gasteiger partial charge in [-0.15, -0.1) is 0 Å². The summed E-state index contributed by atoms with van der Waals surface area (Å²) in [5.41, 5.74) is 30.8. The Morgan fingerprint density at radius 3 is 0.763 bits per heavy atom. The van der Waals surface area contributed by atoms with Gasteiger partial charge in [-0.3, -0.25) is 0 Å². The molecule has 1 aliphatic rings. The molecule has 0 saturated carbocycles. The molecule has 0 unspecified atom stereocenters. The van der Waals surface area contributed by atoms with Crippen LogP contribution < -0.4 is 0 Å². The van der Waals surface area contributed by atoms with Crippen LogP contribution in [0.15, 0.2) is 35.4 Å². The summed E-state index contributed by atoms with van der Waals surface area (Å²) >= 11 is 0. The van der Waals surface area contributed by atoms with Gasteiger partial charge in [-0.05, 0) is 160 Å². The third kappa shape index (κ3) is 28.4. The van der Waals surface area contributed by atoms with Crippen molar-refractivity contribution in [1.82, 2.24) is 0 Å². The summed E-state index contributed by atoms with van der Waals surface area (Å²) in [5.74, 6) is 0. The summed E-state index contributed by atoms with van der Waals surface area (Å²) < 4.78 is 1.79. The number of hydrogen-bond donors (Lipinski definition) is 0. The number of benzene rings is 2. The number of rotatable bonds is 49. The Kier molecular flexibility index (Phi) is 47.6. The molecule has 2 aromatic rings. The van der Waals surface area contributed by atoms with Gasteiger partial charge in [-0.2, -0.15) is 0 Å². The van der Waals surface area contributed by atoms with Gasteiger partial charge < -0.3 is 20.4 Å². The van der Waals surface area contributed by atoms with Crippen LogP contribution in [-0.4, -0.2) is 4.70 Å². The Morgan fingerprint density at radius 2 is 0.461 bits per heavy atom. The van der Waals surface area contributed by atoms with Crippen molar-refractivity contribution >= 4 is 11.4 Å². The van der Waals surface area contributed by atoms with Crippen LogP contribution in [0, 0.1) is 14.9 Å². The van der Waals surface area contributed by atoms with E-state index in [1.165, 1.54) is 279 Å². The number of nitrogens with zero attached hydrogens (tertiary/aromatic N) is 2. The average molecular weight is 1090 g/mol. The second kappa shape index (κ2) is 48.9. The molecule has 0 N–H and O–H groups in total. The molecule has 0 saturated heterocycles. The summed E-state index contributed by atoms with van der Waals surface area (Å²) in [6, 6.07) is 10.4. The summed E-state index contributed by atoms with van der Waals surface area (Å²) in [6.07, 6.45) is 60.7. The third-order valence-corrected chi connectivity index (χ3v) is 16.8. The van der Waals surface area contributed by atoms with Gasteiger partial charge in [0.15, 0.2) is 0 Å². The fourth-order valence-electron chi connectivity index (χ4n) is 12.3. The Labute approximate surface area is 487 Å². The molecule has 76 heavy (non-hydrogen) atoms. The van der Waals surface area contributed by atoms with Gasteiger partial charge in [-0.1, -0.05) is 254 Å². The maximum atomic E-state index is 13.3. The van der Waals surface area contributed by atoms with Crippen LogP contribution >= 0.6 is 0 Å². The van der Waals surface area contributed by atoms with Crippen molar-refractivity contribution < 1.29 is 21.2 Å². The van der Waals surface area contributed by atoms with Crippen LogP contribution in [0.25, 0.3) is 16.9 Å². The molecular weight excluding hydrogens is 964 g/mol. The van der Waals surface area contributed by atoms with Gasteiger partial charge in [0.05, 0.1) is 0 Å². The van der Waals surface area contributed by atoms with E-state index >= 15 is 0 Å². The predicted molar refractivity (Wildman–Crippen MR) is 340 cm³/mol. The molecule has 0 atom stereocenters. The third-order valence-electron chi connectivity index (χ3n) is 16.8. The Balaban J connectivity index is 0.0000187. The molecule has 440 valence electrons. The van der Waals surface area contributed by atoms with Gasteiger partial charge in [0.1, 0.15) is 0 Å². The zero-order valence-electron chi connectivity index (χ0n) is 52.8. The van der Waals surface area contributed by atoms with E-state index in [9.17, 15) is 5.53 Å². The van der Waals surface area contributed by atoms with E-state index in [4.69, 9.17) is 0 Å². The number of aryl methyl sites for hydroxylation is 4. The fraction of sp³-hybridized carbons (Fsp3) is 0.753. The molecule has 0 aromatic heterocycles. The first-order valence-corrected chi connectivity index (χ1v) is 33.2. The summed E-state index contributed by atoms with van der Waals surface area (Å²) in [4.78, 5) is 0. The number of unbranched alkanes of at least 4 members (excludes halogenated alkanes) is 31. The quantitative estimate of drug-likeness (QED) is 0.0273. The van der Waals surface area contributed by atoms with E-state index in [1.54, 1.807) is 38.1 Å². The topological polar surface area (TPSA) is 25.3 Å². The largest absolute Gasteiger partial charge is 2.00 e. The smallest absolute Gasteiger partial charge is 0.493 e. The van der Waals surface area contributed by atoms with Crippen LogP contribution in [0.3, 0.4) is 0 Å². The van der Waals surface area contributed by atoms with Crippen molar-refractivity contribution in [2.24, 2.45) is 0 Å². The molecule has 0 spiro atoms. The van der Waals surface area contributed by atoms with E-state index in [2.05, 4.69) is 79.7 Å². The molecule has 0 aliphatic carbocycles. The van der Waals surface area contributed by atoms with Crippen molar-refractivity contribution in [2.45, 2.75) is 357 Å². The van der Waals surface area contributed by atoms with Crippen molar-refractivity contribution in [1.29, 1.82) is 0 Å². The van der Waals surface area contributed by atoms with Crippen molar-refractivity contribution in [3.05, 3.63) is 100 Å². The van der Waals surface area contributed by atoms with Crippen LogP contribution in [0.2, 0.25) is 0 Å². The molecule has 1 heterocycles. The molecule has 3 heteroatoms. The molecule has 0 radical (unpaired) electrons. The standard InChI is InChI=1S/C71H122N2.2CH3.Ni/c1-9-17-25-29-30-31-32-33-34-35-36-37-38-39-40-47-55-69-68(52-24-16-8)70(64-56-60(48-41-21-13-5)66(53-43-23-15-7)61(57-64)49-42-22-14-6)73(72)71(69)65-58-62(50-44-26-18-10-2)67(54-46-28-20-12-4)63(59-65)51-45-27-19-11-3;;;/h56-59H,9-55H2,1-8H3;2*1H3;/q;2*-1;+2. The second-order valence-electron chi connectivity index (χ2n) is 23.5. The van der Waals surface area contributed by atoms with E-state index < -0.39 is 0 Å². The van der Waals surface area contributed by atoms with Crippen LogP contribution in [-0.2, 0) is 55.0 Å². The fourth-order valence-corrected chi connectivity index (χ4v) is 12.3. The number of allylic oxidation sites excluding steroid dienone is 2. The van der Waals surface area contributed by atoms with Crippen molar-refractivity contribution in [3.63, 3.8) is 0 Å². The van der Waals surface area contributed by atoms with E-state index in [0.29, 0.717) is 0 Å². The first-order chi connectivity index (χ1) is 35.9. The number of hydrogen-bond acceptors (Lipinski definition) is 0. The molecule has 2 nitrogen and oxygen atoms in total. The van der Waals surface area contributed by atoms with Gasteiger partial charge in [0.25, 0.3) is 0 Å². The zero-order valence-corrected chi connectivity index (χ0v) is 53.7. The first-order valence-electron chi connectivity index (χ1n) is 33.2. The molecule has 0 amide bonds. The molecule has 0 fully saturated rings. The first kappa shape index (κ1) is 74.0. The summed E-state index contributed by atoms with van der Waals surface area (Å²) in [7, 11) is 0. The van der Waals surface area contributed by atoms with Crippen molar-refractivity contribution in [2.75, 3.05) is 0 Å². The average Bonchev–Trinajstić information content (AvgIpc) is 3.67. The monoisotopic (exact) mass is 1090 g/mol. The van der Waals surface area contributed by atoms with E-state index in [1.807, 2.05) is 0 Å². The molecule has 2 aromatic carbocycles. The Hall–Kier alpha value is -1.99. The SMILES string of the molecule is CCCCCCCCCCCCCCCCCCC1=C(c2cc(CCCCCC)c(CCCCCC)c(CCCCCC)c2)[N+](=[N-])C(c2cc(CCCCC)c(CCCCC)c(CCCCC)c2)=C1CCCC.[CH3-].[CH3-].[Ni+2]. The predicted octanol–water partition coefficient (Wildman–Crippen LogP) is 25.2. The van der Waals surface area contributed by atoms with Gasteiger partial charge in [0.2, 0.25) is 11.4 Å². The molecule has 3 rings (SSSR count). The van der Waals surface area contributed by atoms with Gasteiger partial charge in [0, 0.05) is 22.3 Å². The van der Waals surface area contributed by atoms with Crippen LogP contribution in [0.5, 0.6) is 0 Å². The maximum Gasteiger partial charge on any atom is 2.00 e. The minimum atomic E-state index is 0. The van der Waals surface area contributed by atoms with Crippen molar-refractivity contribution in [3.8, 4) is 0 Å². The van der Waals surface area contributed by atoms with Crippen LogP contribution in [0.1, 0.15) is 363 Å². The van der Waals surface area contributed by atoms with Gasteiger partial charge >= 0.3 is 16.5 Å². The summed E-state index contributed by atoms with van der Waals surface area (Å²) in [6.45, 7) is 18.8. The van der Waals surface area contributed by atoms with E-state index in [-0.39, 0.29) is 31.3 Å². The molecular formula is C73H128N2Ni. The summed E-state index contributed by atoms with van der Waals surface area (Å²) in [5, 5.41) is 0.